The van der Waals surface area contributed by atoms with E-state index in [9.17, 15) is 18.4 Å². The summed E-state index contributed by atoms with van der Waals surface area (Å²) in [5.41, 5.74) is 2.39. The van der Waals surface area contributed by atoms with E-state index < -0.39 is 35.3 Å². The van der Waals surface area contributed by atoms with Crippen molar-refractivity contribution in [2.45, 2.75) is 63.2 Å². The van der Waals surface area contributed by atoms with Crippen molar-refractivity contribution in [1.82, 2.24) is 30.0 Å². The van der Waals surface area contributed by atoms with E-state index in [-0.39, 0.29) is 12.4 Å². The summed E-state index contributed by atoms with van der Waals surface area (Å²) >= 11 is 6.00. The number of hydrogen-bond acceptors (Lipinski definition) is 8. The van der Waals surface area contributed by atoms with Gasteiger partial charge >= 0.3 is 6.18 Å². The van der Waals surface area contributed by atoms with Gasteiger partial charge in [-0.05, 0) is 62.1 Å². The SMILES string of the molecule is C[C@]1(c2ccc(Cl)cn2)Oc2cccc(C3CCN(Cc4ncc(-c5n[nH]c(C(F)(F)F)n5)cc4CC4(C#N)CC4)C[C@H]3F)c2O1. The molecule has 4 aromatic rings. The van der Waals surface area contributed by atoms with Crippen molar-refractivity contribution in [1.29, 1.82) is 5.26 Å². The average molecular weight is 654 g/mol. The van der Waals surface area contributed by atoms with Crippen LogP contribution in [0.3, 0.4) is 0 Å². The highest BCUT2D eigenvalue weighted by atomic mass is 35.5. The molecule has 1 aromatic carbocycles. The highest BCUT2D eigenvalue weighted by molar-refractivity contribution is 6.30. The highest BCUT2D eigenvalue weighted by Crippen LogP contribution is 2.50. The molecule has 0 amide bonds. The lowest BCUT2D eigenvalue weighted by molar-refractivity contribution is -0.144. The Kier molecular flexibility index (Phi) is 7.40. The van der Waals surface area contributed by atoms with Crippen molar-refractivity contribution in [2.24, 2.45) is 5.41 Å². The lowest BCUT2D eigenvalue weighted by Crippen LogP contribution is -2.40. The zero-order valence-corrected chi connectivity index (χ0v) is 25.4. The third-order valence-corrected chi connectivity index (χ3v) is 9.12. The summed E-state index contributed by atoms with van der Waals surface area (Å²) in [4.78, 5) is 14.5. The molecule has 3 atom stereocenters. The van der Waals surface area contributed by atoms with Crippen LogP contribution < -0.4 is 9.47 Å². The van der Waals surface area contributed by atoms with Crippen LogP contribution in [0.2, 0.25) is 5.02 Å². The number of halogens is 5. The highest BCUT2D eigenvalue weighted by Gasteiger charge is 2.45. The molecule has 238 valence electrons. The summed E-state index contributed by atoms with van der Waals surface area (Å²) < 4.78 is 67.8. The van der Waals surface area contributed by atoms with Gasteiger partial charge in [0.2, 0.25) is 5.82 Å². The van der Waals surface area contributed by atoms with Crippen molar-refractivity contribution in [3.8, 4) is 29.0 Å². The number of ether oxygens (including phenoxy) is 2. The Balaban J connectivity index is 1.09. The van der Waals surface area contributed by atoms with Crippen LogP contribution in [-0.2, 0) is 24.9 Å². The van der Waals surface area contributed by atoms with E-state index in [1.165, 1.54) is 12.4 Å². The Morgan fingerprint density at radius 1 is 1.15 bits per heavy atom. The molecule has 5 heterocycles. The fourth-order valence-electron chi connectivity index (χ4n) is 6.18. The molecule has 9 nitrogen and oxygen atoms in total. The van der Waals surface area contributed by atoms with Gasteiger partial charge in [0, 0.05) is 49.5 Å². The maximum absolute atomic E-state index is 16.0. The standard InChI is InChI=1S/C32H28ClF4N7O2/c1-30(26-6-5-20(33)14-40-26)45-25-4-2-3-22(27(25)46-30)21-7-10-44(15-23(21)34)16-24-18(12-31(17-38)8-9-31)11-19(13-39-24)28-41-29(43-42-28)32(35,36)37/h2-6,11,13-14,21,23H,7-10,12,15-16H2,1H3,(H,41,42,43)/t21?,23-,30+/m1/s1. The molecule has 3 aromatic heterocycles. The van der Waals surface area contributed by atoms with Crippen LogP contribution in [-0.4, -0.2) is 49.3 Å². The van der Waals surface area contributed by atoms with Crippen LogP contribution in [0.15, 0.2) is 48.8 Å². The van der Waals surface area contributed by atoms with E-state index >= 15 is 4.39 Å². The molecule has 2 fully saturated rings. The van der Waals surface area contributed by atoms with E-state index in [0.29, 0.717) is 65.0 Å². The van der Waals surface area contributed by atoms with E-state index in [1.807, 2.05) is 22.1 Å². The minimum absolute atomic E-state index is 0.132. The van der Waals surface area contributed by atoms with Crippen LogP contribution >= 0.6 is 11.6 Å². The summed E-state index contributed by atoms with van der Waals surface area (Å²) in [5.74, 6) is -1.95. The molecule has 7 rings (SSSR count). The molecular weight excluding hydrogens is 626 g/mol. The number of alkyl halides is 4. The van der Waals surface area contributed by atoms with Gasteiger partial charge in [-0.2, -0.15) is 23.5 Å². The first-order valence-electron chi connectivity index (χ1n) is 14.8. The van der Waals surface area contributed by atoms with Crippen molar-refractivity contribution in [3.63, 3.8) is 0 Å². The number of nitrogens with one attached hydrogen (secondary N) is 1. The minimum atomic E-state index is -4.66. The van der Waals surface area contributed by atoms with E-state index in [4.69, 9.17) is 21.1 Å². The first kappa shape index (κ1) is 30.4. The van der Waals surface area contributed by atoms with E-state index in [1.54, 1.807) is 31.2 Å². The van der Waals surface area contributed by atoms with Crippen LogP contribution in [0, 0.1) is 16.7 Å². The third kappa shape index (κ3) is 5.76. The molecular formula is C32H28ClF4N7O2. The Bertz CT molecular complexity index is 1820. The lowest BCUT2D eigenvalue weighted by Gasteiger charge is -2.35. The number of nitrogens with zero attached hydrogens (tertiary/aromatic N) is 6. The Morgan fingerprint density at radius 2 is 1.98 bits per heavy atom. The number of pyridine rings is 2. The van der Waals surface area contributed by atoms with Crippen LogP contribution in [0.4, 0.5) is 17.6 Å². The number of aromatic amines is 1. The molecule has 14 heteroatoms. The fourth-order valence-corrected chi connectivity index (χ4v) is 6.29. The normalized spacial score (nSPS) is 23.7. The predicted molar refractivity (Wildman–Crippen MR) is 157 cm³/mol. The number of likely N-dealkylation sites (tertiary alicyclic amines) is 1. The quantitative estimate of drug-likeness (QED) is 0.218. The van der Waals surface area contributed by atoms with Crippen molar-refractivity contribution in [2.75, 3.05) is 13.1 Å². The van der Waals surface area contributed by atoms with Gasteiger partial charge in [0.25, 0.3) is 5.79 Å². The number of H-pyrrole nitrogens is 1. The Morgan fingerprint density at radius 3 is 2.65 bits per heavy atom. The Labute approximate surface area is 266 Å². The number of fused-ring (bicyclic) bond motifs is 1. The lowest BCUT2D eigenvalue weighted by atomic mass is 9.87. The van der Waals surface area contributed by atoms with Gasteiger partial charge in [0.1, 0.15) is 11.9 Å². The van der Waals surface area contributed by atoms with Gasteiger partial charge in [0.05, 0.1) is 22.2 Å². The topological polar surface area (TPSA) is 113 Å². The van der Waals surface area contributed by atoms with E-state index in [0.717, 1.165) is 18.4 Å². The number of piperidine rings is 1. The fraction of sp³-hybridized carbons (Fsp3) is 0.406. The zero-order chi connectivity index (χ0) is 32.3. The molecule has 1 saturated heterocycles. The van der Waals surface area contributed by atoms with E-state index in [2.05, 4.69) is 26.1 Å². The second-order valence-corrected chi connectivity index (χ2v) is 12.7. The molecule has 0 spiro atoms. The minimum Gasteiger partial charge on any atom is -0.443 e. The number of rotatable bonds is 7. The molecule has 3 aliphatic rings. The molecule has 0 bridgehead atoms. The third-order valence-electron chi connectivity index (χ3n) is 8.89. The number of para-hydroxylation sites is 1. The van der Waals surface area contributed by atoms with Gasteiger partial charge < -0.3 is 9.47 Å². The molecule has 1 N–H and O–H groups in total. The summed E-state index contributed by atoms with van der Waals surface area (Å²) in [6.07, 6.45) is -0.608. The summed E-state index contributed by atoms with van der Waals surface area (Å²) in [6, 6.07) is 13.0. The van der Waals surface area contributed by atoms with Crippen molar-refractivity contribution < 1.29 is 27.0 Å². The molecule has 0 radical (unpaired) electrons. The average Bonchev–Trinajstić information content (AvgIpc) is 3.42. The smallest absolute Gasteiger partial charge is 0.443 e. The largest absolute Gasteiger partial charge is 0.451 e. The first-order valence-corrected chi connectivity index (χ1v) is 15.2. The summed E-state index contributed by atoms with van der Waals surface area (Å²) in [6.45, 7) is 2.77. The maximum atomic E-state index is 16.0. The van der Waals surface area contributed by atoms with Crippen LogP contribution in [0.1, 0.15) is 60.4 Å². The number of aromatic nitrogens is 5. The summed E-state index contributed by atoms with van der Waals surface area (Å²) in [5, 5.41) is 15.9. The molecule has 1 saturated carbocycles. The second kappa shape index (κ2) is 11.2. The zero-order valence-electron chi connectivity index (χ0n) is 24.6. The molecule has 1 unspecified atom stereocenters. The number of benzene rings is 1. The maximum Gasteiger partial charge on any atom is 0.451 e. The van der Waals surface area contributed by atoms with Gasteiger partial charge in [-0.1, -0.05) is 23.7 Å². The predicted octanol–water partition coefficient (Wildman–Crippen LogP) is 6.75. The first-order chi connectivity index (χ1) is 22.0. The molecule has 1 aliphatic carbocycles. The van der Waals surface area contributed by atoms with Crippen LogP contribution in [0.5, 0.6) is 11.5 Å². The van der Waals surface area contributed by atoms with Gasteiger partial charge in [0.15, 0.2) is 17.3 Å². The Hall–Kier alpha value is -4.28. The molecule has 46 heavy (non-hydrogen) atoms. The monoisotopic (exact) mass is 653 g/mol. The number of hydrogen-bond donors (Lipinski definition) is 1. The number of nitriles is 1. The van der Waals surface area contributed by atoms with Crippen molar-refractivity contribution >= 4 is 11.6 Å². The van der Waals surface area contributed by atoms with Crippen molar-refractivity contribution in [3.05, 3.63) is 82.2 Å². The van der Waals surface area contributed by atoms with Crippen LogP contribution in [0.25, 0.3) is 11.4 Å². The summed E-state index contributed by atoms with van der Waals surface area (Å²) in [7, 11) is 0. The molecule has 2 aliphatic heterocycles. The van der Waals surface area contributed by atoms with Gasteiger partial charge in [-0.3, -0.25) is 20.0 Å². The second-order valence-electron chi connectivity index (χ2n) is 12.2. The van der Waals surface area contributed by atoms with Gasteiger partial charge in [-0.15, -0.1) is 0 Å². The van der Waals surface area contributed by atoms with Gasteiger partial charge in [-0.25, -0.2) is 9.37 Å².